The molecule has 0 amide bonds. The minimum Gasteiger partial charge on any atom is -0.494 e. The number of benzene rings is 1. The van der Waals surface area contributed by atoms with Crippen LogP contribution in [-0.4, -0.2) is 12.2 Å². The number of hydrogen-bond acceptors (Lipinski definition) is 2. The zero-order valence-corrected chi connectivity index (χ0v) is 12.2. The summed E-state index contributed by atoms with van der Waals surface area (Å²) >= 11 is 0. The van der Waals surface area contributed by atoms with Crippen LogP contribution in [0.3, 0.4) is 0 Å². The Hall–Kier alpha value is -1.18. The second-order valence-corrected chi connectivity index (χ2v) is 4.93. The molecule has 1 aromatic carbocycles. The van der Waals surface area contributed by atoms with Gasteiger partial charge in [0.05, 0.1) is 6.61 Å². The van der Waals surface area contributed by atoms with Crippen LogP contribution in [-0.2, 0) is 0 Å². The Labute approximate surface area is 111 Å². The molecule has 0 radical (unpaired) electrons. The molecule has 0 heterocycles. The summed E-state index contributed by atoms with van der Waals surface area (Å²) in [5.74, 6) is 1.84. The van der Waals surface area contributed by atoms with Crippen molar-refractivity contribution in [3.63, 3.8) is 0 Å². The minimum absolute atomic E-state index is 0.0649. The lowest BCUT2D eigenvalue weighted by atomic mass is 10.00. The molecule has 0 unspecified atom stereocenters. The highest BCUT2D eigenvalue weighted by molar-refractivity contribution is 5.31. The van der Waals surface area contributed by atoms with Crippen LogP contribution in [0.1, 0.15) is 53.4 Å². The van der Waals surface area contributed by atoms with Gasteiger partial charge in [-0.3, -0.25) is 0 Å². The van der Waals surface area contributed by atoms with E-state index in [2.05, 4.69) is 27.7 Å². The first-order chi connectivity index (χ1) is 8.63. The van der Waals surface area contributed by atoms with Gasteiger partial charge < -0.3 is 9.47 Å². The van der Waals surface area contributed by atoms with E-state index in [-0.39, 0.29) is 5.60 Å². The molecule has 18 heavy (non-hydrogen) atoms. The first kappa shape index (κ1) is 14.9. The second kappa shape index (κ2) is 7.30. The van der Waals surface area contributed by atoms with Crippen molar-refractivity contribution in [2.24, 2.45) is 0 Å². The van der Waals surface area contributed by atoms with Crippen LogP contribution in [0, 0.1) is 0 Å². The summed E-state index contributed by atoms with van der Waals surface area (Å²) in [5.41, 5.74) is -0.0649. The molecule has 0 aliphatic carbocycles. The van der Waals surface area contributed by atoms with E-state index >= 15 is 0 Å². The summed E-state index contributed by atoms with van der Waals surface area (Å²) in [6, 6.07) is 7.95. The first-order valence-electron chi connectivity index (χ1n) is 7.05. The van der Waals surface area contributed by atoms with Crippen LogP contribution in [0.4, 0.5) is 0 Å². The van der Waals surface area contributed by atoms with Crippen molar-refractivity contribution < 1.29 is 9.47 Å². The third-order valence-corrected chi connectivity index (χ3v) is 3.45. The van der Waals surface area contributed by atoms with Crippen LogP contribution in [0.2, 0.25) is 0 Å². The molecule has 0 saturated heterocycles. The standard InChI is InChI=1S/C16H26O2/c1-5-8-13-17-14-9-11-15(12-10-14)18-16(4,6-2)7-3/h9-12H,5-8,13H2,1-4H3. The fourth-order valence-corrected chi connectivity index (χ4v) is 1.62. The van der Waals surface area contributed by atoms with E-state index in [4.69, 9.17) is 9.47 Å². The minimum atomic E-state index is -0.0649. The Morgan fingerprint density at radius 1 is 0.944 bits per heavy atom. The summed E-state index contributed by atoms with van der Waals surface area (Å²) in [6.07, 6.45) is 4.28. The molecule has 102 valence electrons. The molecular formula is C16H26O2. The van der Waals surface area contributed by atoms with E-state index in [9.17, 15) is 0 Å². The van der Waals surface area contributed by atoms with Crippen molar-refractivity contribution in [1.82, 2.24) is 0 Å². The molecular weight excluding hydrogens is 224 g/mol. The van der Waals surface area contributed by atoms with Crippen LogP contribution in [0.25, 0.3) is 0 Å². The molecule has 1 rings (SSSR count). The van der Waals surface area contributed by atoms with Crippen LogP contribution in [0.15, 0.2) is 24.3 Å². The summed E-state index contributed by atoms with van der Waals surface area (Å²) in [7, 11) is 0. The van der Waals surface area contributed by atoms with Crippen LogP contribution < -0.4 is 9.47 Å². The monoisotopic (exact) mass is 250 g/mol. The highest BCUT2D eigenvalue weighted by atomic mass is 16.5. The quantitative estimate of drug-likeness (QED) is 0.616. The highest BCUT2D eigenvalue weighted by Gasteiger charge is 2.21. The molecule has 0 bridgehead atoms. The first-order valence-corrected chi connectivity index (χ1v) is 7.05. The summed E-state index contributed by atoms with van der Waals surface area (Å²) < 4.78 is 11.7. The molecule has 0 N–H and O–H groups in total. The zero-order valence-electron chi connectivity index (χ0n) is 12.2. The van der Waals surface area contributed by atoms with E-state index in [1.54, 1.807) is 0 Å². The number of unbranched alkanes of at least 4 members (excludes halogenated alkanes) is 1. The lowest BCUT2D eigenvalue weighted by molar-refractivity contribution is 0.0802. The van der Waals surface area contributed by atoms with Gasteiger partial charge in [-0.1, -0.05) is 27.2 Å². The van der Waals surface area contributed by atoms with Crippen molar-refractivity contribution in [3.05, 3.63) is 24.3 Å². The predicted octanol–water partition coefficient (Wildman–Crippen LogP) is 4.82. The van der Waals surface area contributed by atoms with E-state index in [0.717, 1.165) is 43.8 Å². The molecule has 0 saturated carbocycles. The normalized spacial score (nSPS) is 11.3. The third-order valence-electron chi connectivity index (χ3n) is 3.45. The number of ether oxygens (including phenoxy) is 2. The van der Waals surface area contributed by atoms with Gasteiger partial charge in [-0.2, -0.15) is 0 Å². The Morgan fingerprint density at radius 2 is 1.50 bits per heavy atom. The molecule has 1 aromatic rings. The molecule has 0 aromatic heterocycles. The smallest absolute Gasteiger partial charge is 0.120 e. The van der Waals surface area contributed by atoms with Crippen LogP contribution >= 0.6 is 0 Å². The largest absolute Gasteiger partial charge is 0.494 e. The summed E-state index contributed by atoms with van der Waals surface area (Å²) in [4.78, 5) is 0. The van der Waals surface area contributed by atoms with E-state index in [0.29, 0.717) is 0 Å². The fraction of sp³-hybridized carbons (Fsp3) is 0.625. The molecule has 0 aliphatic rings. The lowest BCUT2D eigenvalue weighted by Crippen LogP contribution is -2.30. The highest BCUT2D eigenvalue weighted by Crippen LogP contribution is 2.25. The van der Waals surface area contributed by atoms with Gasteiger partial charge in [0.15, 0.2) is 0 Å². The van der Waals surface area contributed by atoms with Gasteiger partial charge in [0.2, 0.25) is 0 Å². The Balaban J connectivity index is 2.54. The van der Waals surface area contributed by atoms with Crippen LogP contribution in [0.5, 0.6) is 11.5 Å². The lowest BCUT2D eigenvalue weighted by Gasteiger charge is -2.28. The third kappa shape index (κ3) is 4.59. The number of hydrogen-bond donors (Lipinski definition) is 0. The van der Waals surface area contributed by atoms with Gasteiger partial charge in [0.25, 0.3) is 0 Å². The maximum absolute atomic E-state index is 6.03. The van der Waals surface area contributed by atoms with Gasteiger partial charge in [-0.25, -0.2) is 0 Å². The zero-order chi connectivity index (χ0) is 13.4. The summed E-state index contributed by atoms with van der Waals surface area (Å²) in [6.45, 7) is 9.42. The maximum atomic E-state index is 6.03. The van der Waals surface area contributed by atoms with E-state index < -0.39 is 0 Å². The molecule has 0 atom stereocenters. The molecule has 2 heteroatoms. The Bertz CT molecular complexity index is 325. The molecule has 0 aliphatic heterocycles. The average Bonchev–Trinajstić information content (AvgIpc) is 2.41. The maximum Gasteiger partial charge on any atom is 0.120 e. The van der Waals surface area contributed by atoms with Crippen molar-refractivity contribution >= 4 is 0 Å². The average molecular weight is 250 g/mol. The van der Waals surface area contributed by atoms with Gasteiger partial charge in [0, 0.05) is 0 Å². The second-order valence-electron chi connectivity index (χ2n) is 4.93. The van der Waals surface area contributed by atoms with Crippen molar-refractivity contribution in [1.29, 1.82) is 0 Å². The summed E-state index contributed by atoms with van der Waals surface area (Å²) in [5, 5.41) is 0. The topological polar surface area (TPSA) is 18.5 Å². The van der Waals surface area contributed by atoms with Gasteiger partial charge in [-0.15, -0.1) is 0 Å². The van der Waals surface area contributed by atoms with Gasteiger partial charge in [0.1, 0.15) is 17.1 Å². The van der Waals surface area contributed by atoms with Gasteiger partial charge >= 0.3 is 0 Å². The molecule has 0 spiro atoms. The molecule has 0 fully saturated rings. The predicted molar refractivity (Wildman–Crippen MR) is 76.5 cm³/mol. The van der Waals surface area contributed by atoms with E-state index in [1.165, 1.54) is 0 Å². The Morgan fingerprint density at radius 3 is 2.00 bits per heavy atom. The van der Waals surface area contributed by atoms with Crippen molar-refractivity contribution in [2.45, 2.75) is 59.0 Å². The SMILES string of the molecule is CCCCOc1ccc(OC(C)(CC)CC)cc1. The van der Waals surface area contributed by atoms with Crippen molar-refractivity contribution in [2.75, 3.05) is 6.61 Å². The van der Waals surface area contributed by atoms with Gasteiger partial charge in [-0.05, 0) is 50.5 Å². The van der Waals surface area contributed by atoms with Crippen molar-refractivity contribution in [3.8, 4) is 11.5 Å². The van der Waals surface area contributed by atoms with E-state index in [1.807, 2.05) is 24.3 Å². The fourth-order valence-electron chi connectivity index (χ4n) is 1.62. The molecule has 2 nitrogen and oxygen atoms in total. The number of rotatable bonds is 8. The Kier molecular flexibility index (Phi) is 6.03.